The Bertz CT molecular complexity index is 1510. The first-order valence-corrected chi connectivity index (χ1v) is 13.4. The zero-order valence-corrected chi connectivity index (χ0v) is 22.3. The van der Waals surface area contributed by atoms with Crippen molar-refractivity contribution in [1.82, 2.24) is 19.9 Å². The monoisotopic (exact) mass is 523 g/mol. The van der Waals surface area contributed by atoms with Gasteiger partial charge in [-0.15, -0.1) is 0 Å². The third-order valence-corrected chi connectivity index (χ3v) is 7.92. The summed E-state index contributed by atoms with van der Waals surface area (Å²) >= 11 is 0. The number of fused-ring (bicyclic) bond motifs is 2. The second kappa shape index (κ2) is 10.4. The predicted octanol–water partition coefficient (Wildman–Crippen LogP) is 4.31. The Labute approximate surface area is 227 Å². The molecule has 2 atom stereocenters. The molecule has 2 unspecified atom stereocenters. The van der Waals surface area contributed by atoms with Gasteiger partial charge in [0.2, 0.25) is 0 Å². The number of likely N-dealkylation sites (tertiary alicyclic amines) is 1. The van der Waals surface area contributed by atoms with Crippen molar-refractivity contribution < 1.29 is 9.53 Å². The zero-order valence-electron chi connectivity index (χ0n) is 22.3. The Morgan fingerprint density at radius 3 is 2.44 bits per heavy atom. The maximum Gasteiger partial charge on any atom is 0.260 e. The van der Waals surface area contributed by atoms with Crippen LogP contribution in [0.2, 0.25) is 0 Å². The number of nitrogens with one attached hydrogen (secondary N) is 2. The van der Waals surface area contributed by atoms with Crippen molar-refractivity contribution in [2.45, 2.75) is 33.4 Å². The van der Waals surface area contributed by atoms with Crippen LogP contribution in [0.3, 0.4) is 0 Å². The van der Waals surface area contributed by atoms with Gasteiger partial charge in [0.25, 0.3) is 5.91 Å². The molecule has 9 heteroatoms. The van der Waals surface area contributed by atoms with Crippen molar-refractivity contribution in [2.75, 3.05) is 36.1 Å². The van der Waals surface area contributed by atoms with E-state index in [1.165, 1.54) is 17.5 Å². The predicted molar refractivity (Wildman–Crippen MR) is 152 cm³/mol. The number of nitrogens with two attached hydrogens (primary N) is 1. The summed E-state index contributed by atoms with van der Waals surface area (Å²) in [4.78, 5) is 27.2. The first-order chi connectivity index (χ1) is 18.9. The van der Waals surface area contributed by atoms with Gasteiger partial charge in [0, 0.05) is 43.8 Å². The third-order valence-electron chi connectivity index (χ3n) is 7.92. The number of ether oxygens (including phenoxy) is 1. The molecule has 39 heavy (non-hydrogen) atoms. The number of nitrogens with zero attached hydrogens (tertiary/aromatic N) is 4. The Hall–Kier alpha value is -4.40. The van der Waals surface area contributed by atoms with Crippen LogP contribution in [-0.4, -0.2) is 45.5 Å². The number of pyridine rings is 1. The molecule has 1 aliphatic carbocycles. The van der Waals surface area contributed by atoms with Crippen molar-refractivity contribution in [2.24, 2.45) is 11.8 Å². The number of rotatable bonds is 9. The average molecular weight is 524 g/mol. The first-order valence-electron chi connectivity index (χ1n) is 13.4. The van der Waals surface area contributed by atoms with E-state index >= 15 is 0 Å². The summed E-state index contributed by atoms with van der Waals surface area (Å²) in [7, 11) is 0. The number of hydrogen-bond acceptors (Lipinski definition) is 8. The van der Waals surface area contributed by atoms with Crippen LogP contribution in [0.4, 0.5) is 17.5 Å². The Kier molecular flexibility index (Phi) is 6.64. The quantitative estimate of drug-likeness (QED) is 0.297. The Balaban J connectivity index is 1.02. The summed E-state index contributed by atoms with van der Waals surface area (Å²) in [5.41, 5.74) is 10.7. The molecule has 1 amide bonds. The van der Waals surface area contributed by atoms with Crippen molar-refractivity contribution in [3.8, 4) is 5.75 Å². The third kappa shape index (κ3) is 5.43. The summed E-state index contributed by atoms with van der Waals surface area (Å²) in [6.07, 6.45) is 4.58. The molecular weight excluding hydrogens is 490 g/mol. The summed E-state index contributed by atoms with van der Waals surface area (Å²) < 4.78 is 5.72. The van der Waals surface area contributed by atoms with Crippen molar-refractivity contribution in [3.05, 3.63) is 77.2 Å². The van der Waals surface area contributed by atoms with Crippen molar-refractivity contribution in [3.63, 3.8) is 0 Å². The van der Waals surface area contributed by atoms with E-state index in [0.717, 1.165) is 58.5 Å². The van der Waals surface area contributed by atoms with E-state index in [2.05, 4.69) is 45.5 Å². The molecule has 200 valence electrons. The van der Waals surface area contributed by atoms with Gasteiger partial charge >= 0.3 is 0 Å². The second-order valence-corrected chi connectivity index (χ2v) is 10.6. The molecule has 1 saturated heterocycles. The van der Waals surface area contributed by atoms with E-state index in [-0.39, 0.29) is 12.5 Å². The minimum absolute atomic E-state index is 0.0778. The molecule has 1 aliphatic heterocycles. The Morgan fingerprint density at radius 1 is 0.974 bits per heavy atom. The maximum absolute atomic E-state index is 12.3. The van der Waals surface area contributed by atoms with E-state index in [4.69, 9.17) is 10.5 Å². The highest BCUT2D eigenvalue weighted by molar-refractivity contribution is 5.94. The molecule has 0 bridgehead atoms. The van der Waals surface area contributed by atoms with Crippen LogP contribution < -0.4 is 21.1 Å². The number of piperidine rings is 1. The molecule has 0 spiro atoms. The minimum Gasteiger partial charge on any atom is -0.484 e. The molecule has 0 radical (unpaired) electrons. The topological polar surface area (TPSA) is 118 Å². The summed E-state index contributed by atoms with van der Waals surface area (Å²) in [5.74, 6) is 4.27. The number of nitrogen functional groups attached to an aromatic ring is 1. The van der Waals surface area contributed by atoms with Gasteiger partial charge in [-0.2, -0.15) is 0 Å². The number of amides is 1. The van der Waals surface area contributed by atoms with Crippen LogP contribution in [0.25, 0.3) is 10.8 Å². The van der Waals surface area contributed by atoms with Gasteiger partial charge in [0.15, 0.2) is 6.61 Å². The molecule has 2 aliphatic rings. The number of anilines is 3. The largest absolute Gasteiger partial charge is 0.484 e. The van der Waals surface area contributed by atoms with Gasteiger partial charge in [-0.05, 0) is 84.0 Å². The second-order valence-electron chi connectivity index (χ2n) is 10.6. The fourth-order valence-electron chi connectivity index (χ4n) is 5.47. The summed E-state index contributed by atoms with van der Waals surface area (Å²) in [5, 5.41) is 8.88. The highest BCUT2D eigenvalue weighted by Gasteiger charge is 2.46. The SMILES string of the molecule is Cc1cc2c(N)nccc2c(C)c1CNc1cc(NCc2ccc(OCC(=O)N3CC4CC4C3)cc2)ncn1. The zero-order chi connectivity index (χ0) is 26.9. The normalized spacial score (nSPS) is 17.6. The molecule has 4 aromatic rings. The number of carbonyl (C=O) groups is 1. The number of hydrogen-bond donors (Lipinski definition) is 3. The van der Waals surface area contributed by atoms with Gasteiger partial charge in [-0.25, -0.2) is 15.0 Å². The Morgan fingerprint density at radius 2 is 1.69 bits per heavy atom. The van der Waals surface area contributed by atoms with E-state index in [1.54, 1.807) is 12.5 Å². The fourth-order valence-corrected chi connectivity index (χ4v) is 5.47. The summed E-state index contributed by atoms with van der Waals surface area (Å²) in [6.45, 7) is 7.33. The minimum atomic E-state index is 0.0778. The van der Waals surface area contributed by atoms with E-state index in [0.29, 0.717) is 24.7 Å². The van der Waals surface area contributed by atoms with Gasteiger partial charge < -0.3 is 26.0 Å². The van der Waals surface area contributed by atoms with Crippen LogP contribution in [0, 0.1) is 25.7 Å². The van der Waals surface area contributed by atoms with Crippen LogP contribution >= 0.6 is 0 Å². The van der Waals surface area contributed by atoms with Gasteiger partial charge in [0.05, 0.1) is 0 Å². The first kappa shape index (κ1) is 24.9. The van der Waals surface area contributed by atoms with E-state index in [9.17, 15) is 4.79 Å². The smallest absolute Gasteiger partial charge is 0.260 e. The average Bonchev–Trinajstić information content (AvgIpc) is 3.56. The molecule has 2 aromatic carbocycles. The molecule has 6 rings (SSSR count). The van der Waals surface area contributed by atoms with Crippen LogP contribution in [0.15, 0.2) is 55.0 Å². The van der Waals surface area contributed by atoms with Gasteiger partial charge in [-0.3, -0.25) is 4.79 Å². The molecule has 4 N–H and O–H groups in total. The number of aryl methyl sites for hydroxylation is 2. The van der Waals surface area contributed by atoms with Gasteiger partial charge in [-0.1, -0.05) is 12.1 Å². The number of benzene rings is 2. The molecule has 3 heterocycles. The maximum atomic E-state index is 12.3. The lowest BCUT2D eigenvalue weighted by atomic mass is 9.96. The molecule has 1 saturated carbocycles. The van der Waals surface area contributed by atoms with Crippen LogP contribution in [0.5, 0.6) is 5.75 Å². The molecule has 2 aromatic heterocycles. The standard InChI is InChI=1S/C30H33N7O2/c1-18-9-25-24(7-8-32-30(25)31)19(2)26(18)13-34-28-11-27(35-17-36-28)33-12-20-3-5-23(6-4-20)39-16-29(38)37-14-21-10-22(21)15-37/h3-9,11,17,21-22H,10,12-16H2,1-2H3,(H2,31,32)(H2,33,34,35,36). The van der Waals surface area contributed by atoms with Gasteiger partial charge in [0.1, 0.15) is 29.5 Å². The van der Waals surface area contributed by atoms with Crippen LogP contribution in [0.1, 0.15) is 28.7 Å². The van der Waals surface area contributed by atoms with Crippen molar-refractivity contribution in [1.29, 1.82) is 0 Å². The summed E-state index contributed by atoms with van der Waals surface area (Å²) in [6, 6.07) is 13.8. The molecule has 9 nitrogen and oxygen atoms in total. The number of aromatic nitrogens is 3. The van der Waals surface area contributed by atoms with E-state index < -0.39 is 0 Å². The highest BCUT2D eigenvalue weighted by Crippen LogP contribution is 2.44. The van der Waals surface area contributed by atoms with E-state index in [1.807, 2.05) is 41.3 Å². The van der Waals surface area contributed by atoms with Crippen molar-refractivity contribution >= 4 is 34.1 Å². The highest BCUT2D eigenvalue weighted by atomic mass is 16.5. The molecule has 2 fully saturated rings. The lowest BCUT2D eigenvalue weighted by Crippen LogP contribution is -2.34. The number of carbonyl (C=O) groups excluding carboxylic acids is 1. The van der Waals surface area contributed by atoms with Crippen LogP contribution in [-0.2, 0) is 17.9 Å². The molecular formula is C30H33N7O2. The lowest BCUT2D eigenvalue weighted by Gasteiger charge is -2.18. The lowest BCUT2D eigenvalue weighted by molar-refractivity contribution is -0.132. The fraction of sp³-hybridized carbons (Fsp3) is 0.333.